The van der Waals surface area contributed by atoms with Crippen molar-refractivity contribution in [3.05, 3.63) is 53.1 Å². The fourth-order valence-electron chi connectivity index (χ4n) is 1.08. The minimum Gasteiger partial charge on any atom is -0.426 e. The van der Waals surface area contributed by atoms with Crippen LogP contribution < -0.4 is 4.74 Å². The largest absolute Gasteiger partial charge is 0.426 e. The minimum atomic E-state index is -1.10. The Balaban J connectivity index is 2.54. The highest BCUT2D eigenvalue weighted by atomic mass is 16.6. The third-order valence-electron chi connectivity index (χ3n) is 1.89. The first-order chi connectivity index (χ1) is 7.63. The Morgan fingerprint density at radius 2 is 2.12 bits per heavy atom. The van der Waals surface area contributed by atoms with Crippen molar-refractivity contribution in [2.45, 2.75) is 12.5 Å². The minimum absolute atomic E-state index is 0.314. The van der Waals surface area contributed by atoms with Gasteiger partial charge < -0.3 is 4.74 Å². The number of nitro groups is 1. The molecule has 0 bridgehead atoms. The van der Waals surface area contributed by atoms with Crippen molar-refractivity contribution in [1.82, 2.24) is 0 Å². The van der Waals surface area contributed by atoms with E-state index < -0.39 is 16.9 Å². The maximum Gasteiger partial charge on any atom is 0.318 e. The third-order valence-corrected chi connectivity index (χ3v) is 1.89. The van der Waals surface area contributed by atoms with Gasteiger partial charge in [0.1, 0.15) is 12.2 Å². The molecule has 5 heteroatoms. The molecule has 1 unspecified atom stereocenters. The van der Waals surface area contributed by atoms with Gasteiger partial charge in [0.25, 0.3) is 0 Å². The van der Waals surface area contributed by atoms with Gasteiger partial charge in [-0.05, 0) is 18.2 Å². The first kappa shape index (κ1) is 11.9. The summed E-state index contributed by atoms with van der Waals surface area (Å²) >= 11 is 0. The zero-order chi connectivity index (χ0) is 12.0. The molecule has 1 rings (SSSR count). The molecule has 0 N–H and O–H groups in total. The van der Waals surface area contributed by atoms with Gasteiger partial charge in [0.2, 0.25) is 6.04 Å². The fraction of sp³-hybridized carbons (Fsp3) is 0.182. The van der Waals surface area contributed by atoms with E-state index in [1.807, 2.05) is 0 Å². The Hall–Kier alpha value is -2.17. The summed E-state index contributed by atoms with van der Waals surface area (Å²) in [6, 6.07) is 7.31. The second-order valence-electron chi connectivity index (χ2n) is 3.08. The van der Waals surface area contributed by atoms with Gasteiger partial charge >= 0.3 is 5.97 Å². The zero-order valence-corrected chi connectivity index (χ0v) is 8.54. The van der Waals surface area contributed by atoms with Crippen LogP contribution in [0.1, 0.15) is 6.42 Å². The average molecular weight is 221 g/mol. The highest BCUT2D eigenvalue weighted by Crippen LogP contribution is 2.10. The third kappa shape index (κ3) is 3.53. The molecule has 16 heavy (non-hydrogen) atoms. The van der Waals surface area contributed by atoms with Crippen LogP contribution in [0.5, 0.6) is 5.75 Å². The number of esters is 1. The van der Waals surface area contributed by atoms with Crippen LogP contribution in [-0.4, -0.2) is 16.9 Å². The molecule has 0 aliphatic rings. The van der Waals surface area contributed by atoms with Crippen LogP contribution in [0.25, 0.3) is 0 Å². The van der Waals surface area contributed by atoms with Gasteiger partial charge in [-0.15, -0.1) is 0 Å². The highest BCUT2D eigenvalue weighted by molar-refractivity contribution is 5.73. The second-order valence-corrected chi connectivity index (χ2v) is 3.08. The van der Waals surface area contributed by atoms with Gasteiger partial charge in [0, 0.05) is 4.92 Å². The average Bonchev–Trinajstić information content (AvgIpc) is 2.27. The number of benzene rings is 1. The zero-order valence-electron chi connectivity index (χ0n) is 8.54. The van der Waals surface area contributed by atoms with Gasteiger partial charge in [-0.25, -0.2) is 0 Å². The van der Waals surface area contributed by atoms with E-state index in [9.17, 15) is 14.9 Å². The molecule has 0 radical (unpaired) electrons. The normalized spacial score (nSPS) is 11.5. The number of hydrogen-bond donors (Lipinski definition) is 0. The maximum absolute atomic E-state index is 11.3. The van der Waals surface area contributed by atoms with Crippen LogP contribution >= 0.6 is 0 Å². The van der Waals surface area contributed by atoms with E-state index in [1.54, 1.807) is 30.3 Å². The number of carbonyl (C=O) groups is 1. The standard InChI is InChI=1S/C11H11NO4/c1-2-9(12(14)15)8-11(13)16-10-6-4-3-5-7-10/h2-7,9H,1,8H2. The predicted molar refractivity (Wildman–Crippen MR) is 57.7 cm³/mol. The number of carbonyl (C=O) groups excluding carboxylic acids is 1. The topological polar surface area (TPSA) is 69.4 Å². The van der Waals surface area contributed by atoms with E-state index in [2.05, 4.69) is 6.58 Å². The van der Waals surface area contributed by atoms with Crippen LogP contribution in [0, 0.1) is 10.1 Å². The molecular formula is C11H11NO4. The van der Waals surface area contributed by atoms with Gasteiger partial charge in [0.15, 0.2) is 0 Å². The molecule has 1 atom stereocenters. The lowest BCUT2D eigenvalue weighted by Crippen LogP contribution is -2.23. The molecule has 0 fully saturated rings. The lowest BCUT2D eigenvalue weighted by atomic mass is 10.2. The van der Waals surface area contributed by atoms with Crippen LogP contribution in [0.2, 0.25) is 0 Å². The fourth-order valence-corrected chi connectivity index (χ4v) is 1.08. The Labute approximate surface area is 92.5 Å². The Morgan fingerprint density at radius 1 is 1.50 bits per heavy atom. The molecule has 1 aromatic carbocycles. The van der Waals surface area contributed by atoms with E-state index in [1.165, 1.54) is 0 Å². The molecule has 0 amide bonds. The summed E-state index contributed by atoms with van der Waals surface area (Å²) < 4.78 is 4.91. The summed E-state index contributed by atoms with van der Waals surface area (Å²) in [5.74, 6) is -0.272. The Morgan fingerprint density at radius 3 is 2.62 bits per heavy atom. The van der Waals surface area contributed by atoms with Crippen LogP contribution in [0.15, 0.2) is 43.0 Å². The van der Waals surface area contributed by atoms with Crippen molar-refractivity contribution in [3.63, 3.8) is 0 Å². The molecule has 0 aromatic heterocycles. The van der Waals surface area contributed by atoms with Crippen molar-refractivity contribution < 1.29 is 14.5 Å². The van der Waals surface area contributed by atoms with E-state index in [0.717, 1.165) is 6.08 Å². The number of hydrogen-bond acceptors (Lipinski definition) is 4. The summed E-state index contributed by atoms with van der Waals surface area (Å²) in [6.07, 6.45) is 0.803. The lowest BCUT2D eigenvalue weighted by Gasteiger charge is -2.05. The molecule has 1 aromatic rings. The summed E-state index contributed by atoms with van der Waals surface area (Å²) in [7, 11) is 0. The van der Waals surface area contributed by atoms with Crippen LogP contribution in [0.3, 0.4) is 0 Å². The Kier molecular flexibility index (Phi) is 4.20. The molecule has 0 aliphatic heterocycles. The van der Waals surface area contributed by atoms with Crippen LogP contribution in [0.4, 0.5) is 0 Å². The summed E-state index contributed by atoms with van der Waals surface area (Å²) in [5.41, 5.74) is 0. The predicted octanol–water partition coefficient (Wildman–Crippen LogP) is 1.81. The van der Waals surface area contributed by atoms with Crippen molar-refractivity contribution in [2.24, 2.45) is 0 Å². The van der Waals surface area contributed by atoms with E-state index in [0.29, 0.717) is 5.75 Å². The second kappa shape index (κ2) is 5.65. The van der Waals surface area contributed by atoms with Crippen molar-refractivity contribution in [2.75, 3.05) is 0 Å². The Bertz CT molecular complexity index is 388. The van der Waals surface area contributed by atoms with E-state index in [4.69, 9.17) is 4.74 Å². The first-order valence-electron chi connectivity index (χ1n) is 4.65. The SMILES string of the molecule is C=CC(CC(=O)Oc1ccccc1)[N+](=O)[O-]. The molecule has 0 aliphatic carbocycles. The first-order valence-corrected chi connectivity index (χ1v) is 4.65. The van der Waals surface area contributed by atoms with Crippen molar-refractivity contribution in [3.8, 4) is 5.75 Å². The molecule has 0 saturated heterocycles. The van der Waals surface area contributed by atoms with Crippen LogP contribution in [-0.2, 0) is 4.79 Å². The molecular weight excluding hydrogens is 210 g/mol. The van der Waals surface area contributed by atoms with Gasteiger partial charge in [-0.3, -0.25) is 14.9 Å². The molecule has 84 valence electrons. The number of nitrogens with zero attached hydrogens (tertiary/aromatic N) is 1. The van der Waals surface area contributed by atoms with Crippen molar-refractivity contribution in [1.29, 1.82) is 0 Å². The summed E-state index contributed by atoms with van der Waals surface area (Å²) in [4.78, 5) is 21.2. The lowest BCUT2D eigenvalue weighted by molar-refractivity contribution is -0.508. The van der Waals surface area contributed by atoms with Gasteiger partial charge in [-0.2, -0.15) is 0 Å². The molecule has 0 heterocycles. The summed E-state index contributed by atoms with van der Waals surface area (Å²) in [5, 5.41) is 10.4. The summed E-state index contributed by atoms with van der Waals surface area (Å²) in [6.45, 7) is 3.29. The van der Waals surface area contributed by atoms with Crippen molar-refractivity contribution >= 4 is 5.97 Å². The smallest absolute Gasteiger partial charge is 0.318 e. The molecule has 0 spiro atoms. The van der Waals surface area contributed by atoms with E-state index in [-0.39, 0.29) is 6.42 Å². The quantitative estimate of drug-likeness (QED) is 0.250. The van der Waals surface area contributed by atoms with Gasteiger partial charge in [0.05, 0.1) is 0 Å². The monoisotopic (exact) mass is 221 g/mol. The van der Waals surface area contributed by atoms with Gasteiger partial charge in [-0.1, -0.05) is 24.8 Å². The highest BCUT2D eigenvalue weighted by Gasteiger charge is 2.21. The number of rotatable bonds is 5. The molecule has 5 nitrogen and oxygen atoms in total. The number of para-hydroxylation sites is 1. The number of ether oxygens (including phenoxy) is 1. The van der Waals surface area contributed by atoms with E-state index >= 15 is 0 Å². The molecule has 0 saturated carbocycles. The maximum atomic E-state index is 11.3.